The van der Waals surface area contributed by atoms with Crippen LogP contribution in [-0.2, 0) is 52.8 Å². The van der Waals surface area contributed by atoms with Crippen molar-refractivity contribution in [2.75, 3.05) is 40.4 Å². The van der Waals surface area contributed by atoms with Crippen LogP contribution in [0, 0.1) is 23.2 Å². The molecular weight excluding hydrogens is 867 g/mol. The molecule has 7 rings (SSSR count). The van der Waals surface area contributed by atoms with Crippen molar-refractivity contribution in [3.63, 3.8) is 0 Å². The van der Waals surface area contributed by atoms with Crippen LogP contribution >= 0.6 is 0 Å². The first kappa shape index (κ1) is 49.6. The number of aromatic nitrogens is 2. The number of benzene rings is 2. The van der Waals surface area contributed by atoms with Crippen LogP contribution in [0.5, 0.6) is 5.75 Å². The van der Waals surface area contributed by atoms with E-state index in [0.717, 1.165) is 39.0 Å². The molecule has 2 saturated heterocycles. The SMILES string of the molecule is CC#CC(=O)N1CCC(O)(C(=O)N(C)[C@H](C(=O)N[C@H]2Cc3cc(O)cc(c3)-c3ccc4c(c3)c(c(-c3cccnc3[C@H](C)OC)n4CC)CC(C)(C)COC(=O)[C@@H]3CCCN(N3)C2=O)C(C)C)C1. The number of aromatic hydroxyl groups is 1. The number of aryl methyl sites for hydroxylation is 1. The number of esters is 1. The summed E-state index contributed by atoms with van der Waals surface area (Å²) in [6.07, 6.45) is 2.77. The van der Waals surface area contributed by atoms with E-state index in [1.54, 1.807) is 39.3 Å². The Labute approximate surface area is 398 Å². The summed E-state index contributed by atoms with van der Waals surface area (Å²) in [6.45, 7) is 14.0. The molecule has 16 nitrogen and oxygen atoms in total. The maximum absolute atomic E-state index is 14.7. The number of cyclic esters (lactones) is 1. The number of carbonyl (C=O) groups excluding carboxylic acids is 5. The van der Waals surface area contributed by atoms with Gasteiger partial charge in [-0.05, 0) is 111 Å². The van der Waals surface area contributed by atoms with Crippen molar-refractivity contribution in [3.05, 3.63) is 71.5 Å². The van der Waals surface area contributed by atoms with E-state index in [4.69, 9.17) is 14.5 Å². The molecule has 68 heavy (non-hydrogen) atoms. The average Bonchev–Trinajstić information content (AvgIpc) is 3.86. The molecule has 5 heterocycles. The van der Waals surface area contributed by atoms with Crippen LogP contribution in [0.25, 0.3) is 33.3 Å². The van der Waals surface area contributed by atoms with E-state index in [-0.39, 0.29) is 50.9 Å². The number of β-amino-alcohol motifs (C(OH)–C–C–N with tert-alkyl or cyclic N) is 1. The lowest BCUT2D eigenvalue weighted by Gasteiger charge is -2.37. The first-order valence-electron chi connectivity index (χ1n) is 23.5. The van der Waals surface area contributed by atoms with Gasteiger partial charge in [-0.15, -0.1) is 0 Å². The lowest BCUT2D eigenvalue weighted by Crippen LogP contribution is -2.63. The molecule has 4 N–H and O–H groups in total. The van der Waals surface area contributed by atoms with E-state index in [2.05, 4.69) is 66.1 Å². The van der Waals surface area contributed by atoms with Crippen molar-refractivity contribution in [2.24, 2.45) is 11.3 Å². The smallest absolute Gasteiger partial charge is 0.324 e. The lowest BCUT2D eigenvalue weighted by atomic mass is 9.84. The highest BCUT2D eigenvalue weighted by Crippen LogP contribution is 2.42. The Hall–Kier alpha value is -6.28. The number of amides is 4. The number of likely N-dealkylation sites (tertiary alicyclic amines) is 1. The Balaban J connectivity index is 1.31. The number of rotatable bonds is 9. The molecule has 2 aromatic heterocycles. The third-order valence-corrected chi connectivity index (χ3v) is 13.5. The summed E-state index contributed by atoms with van der Waals surface area (Å²) in [5.74, 6) is 1.53. The maximum Gasteiger partial charge on any atom is 0.324 e. The molecule has 362 valence electrons. The van der Waals surface area contributed by atoms with E-state index >= 15 is 0 Å². The zero-order valence-corrected chi connectivity index (χ0v) is 40.6. The van der Waals surface area contributed by atoms with E-state index in [1.165, 1.54) is 28.8 Å². The third-order valence-electron chi connectivity index (χ3n) is 13.5. The van der Waals surface area contributed by atoms with Crippen LogP contribution in [0.2, 0.25) is 0 Å². The molecule has 3 aliphatic rings. The van der Waals surface area contributed by atoms with Gasteiger partial charge in [0.1, 0.15) is 23.9 Å². The van der Waals surface area contributed by atoms with Crippen molar-refractivity contribution in [1.29, 1.82) is 0 Å². The van der Waals surface area contributed by atoms with E-state index < -0.39 is 64.7 Å². The molecule has 2 fully saturated rings. The Morgan fingerprint density at radius 2 is 1.85 bits per heavy atom. The van der Waals surface area contributed by atoms with E-state index in [1.807, 2.05) is 25.1 Å². The van der Waals surface area contributed by atoms with Crippen LogP contribution in [0.15, 0.2) is 54.7 Å². The summed E-state index contributed by atoms with van der Waals surface area (Å²) < 4.78 is 14.2. The summed E-state index contributed by atoms with van der Waals surface area (Å²) >= 11 is 0. The number of pyridine rings is 1. The summed E-state index contributed by atoms with van der Waals surface area (Å²) in [5.41, 5.74) is 7.35. The molecule has 0 aliphatic carbocycles. The number of carbonyl (C=O) groups is 5. The standard InChI is InChI=1S/C52H65N7O9/c1-10-14-43(61)57-22-19-52(66,29-57)50(65)56(8)45(31(3)4)47(62)54-41-25-33-23-35(26-36(60)24-33)34-17-18-42-38(27-34)39(46(58(42)11-2)37-15-12-20-53-44(37)32(5)67-9)28-51(6,7)30-68-49(64)40-16-13-21-59(55-40)48(41)63/h12,15,17-18,20,23-24,26-27,31-32,40-41,45,55,60,66H,11,13,16,19,21-22,25,28-30H2,1-9H3,(H,54,62)/t32-,40-,41-,45-,52?/m0/s1. The molecule has 2 aromatic carbocycles. The van der Waals surface area contributed by atoms with Crippen LogP contribution < -0.4 is 10.7 Å². The molecule has 1 unspecified atom stereocenters. The molecule has 0 spiro atoms. The number of phenolic OH excluding ortho intramolecular Hbond substituents is 1. The van der Waals surface area contributed by atoms with Crippen molar-refractivity contribution in [2.45, 2.75) is 117 Å². The van der Waals surface area contributed by atoms with Crippen LogP contribution in [0.4, 0.5) is 0 Å². The minimum absolute atomic E-state index is 0.0403. The number of nitrogens with one attached hydrogen (secondary N) is 2. The third kappa shape index (κ3) is 10.1. The van der Waals surface area contributed by atoms with Crippen LogP contribution in [0.1, 0.15) is 90.7 Å². The van der Waals surface area contributed by atoms with Crippen molar-refractivity contribution >= 4 is 40.5 Å². The first-order valence-corrected chi connectivity index (χ1v) is 23.5. The summed E-state index contributed by atoms with van der Waals surface area (Å²) in [6, 6.07) is 12.0. The Bertz CT molecular complexity index is 2670. The molecule has 4 aromatic rings. The van der Waals surface area contributed by atoms with Gasteiger partial charge in [0.2, 0.25) is 5.91 Å². The minimum Gasteiger partial charge on any atom is -0.508 e. The van der Waals surface area contributed by atoms with Gasteiger partial charge in [0.15, 0.2) is 5.60 Å². The number of methoxy groups -OCH3 is 1. The maximum atomic E-state index is 14.7. The molecule has 0 saturated carbocycles. The number of ether oxygens (including phenoxy) is 2. The number of fused-ring (bicyclic) bond motifs is 6. The van der Waals surface area contributed by atoms with Gasteiger partial charge in [-0.3, -0.25) is 34.0 Å². The number of phenols is 1. The van der Waals surface area contributed by atoms with Gasteiger partial charge in [0.25, 0.3) is 17.7 Å². The van der Waals surface area contributed by atoms with Crippen molar-refractivity contribution in [1.82, 2.24) is 35.1 Å². The van der Waals surface area contributed by atoms with Gasteiger partial charge in [-0.1, -0.05) is 45.7 Å². The second kappa shape index (κ2) is 20.1. The van der Waals surface area contributed by atoms with Crippen LogP contribution in [-0.4, -0.2) is 128 Å². The fraction of sp³-hybridized carbons (Fsp3) is 0.500. The lowest BCUT2D eigenvalue weighted by molar-refractivity contribution is -0.156. The van der Waals surface area contributed by atoms with Gasteiger partial charge in [0, 0.05) is 74.7 Å². The van der Waals surface area contributed by atoms with E-state index in [9.17, 15) is 34.2 Å². The Morgan fingerprint density at radius 3 is 2.56 bits per heavy atom. The predicted octanol–water partition coefficient (Wildman–Crippen LogP) is 4.92. The fourth-order valence-corrected chi connectivity index (χ4v) is 10.0. The van der Waals surface area contributed by atoms with E-state index in [0.29, 0.717) is 36.9 Å². The number of aliphatic hydroxyl groups is 1. The second-order valence-electron chi connectivity index (χ2n) is 19.5. The largest absolute Gasteiger partial charge is 0.508 e. The molecule has 0 radical (unpaired) electrons. The van der Waals surface area contributed by atoms with Crippen molar-refractivity contribution in [3.8, 4) is 40.0 Å². The zero-order chi connectivity index (χ0) is 49.2. The number of hydrogen-bond acceptors (Lipinski definition) is 11. The topological polar surface area (TPSA) is 196 Å². The summed E-state index contributed by atoms with van der Waals surface area (Å²) in [4.78, 5) is 77.1. The van der Waals surface area contributed by atoms with Gasteiger partial charge in [-0.25, -0.2) is 5.43 Å². The predicted molar refractivity (Wildman–Crippen MR) is 256 cm³/mol. The van der Waals surface area contributed by atoms with Crippen LogP contribution in [0.3, 0.4) is 0 Å². The van der Waals surface area contributed by atoms with Gasteiger partial charge in [0.05, 0.1) is 30.6 Å². The molecule has 16 heteroatoms. The van der Waals surface area contributed by atoms with Crippen molar-refractivity contribution < 1.29 is 43.7 Å². The molecule has 4 amide bonds. The minimum atomic E-state index is -1.95. The average molecular weight is 932 g/mol. The second-order valence-corrected chi connectivity index (χ2v) is 19.5. The molecule has 3 aliphatic heterocycles. The highest BCUT2D eigenvalue weighted by Gasteiger charge is 2.48. The number of hydrazine groups is 1. The zero-order valence-electron chi connectivity index (χ0n) is 40.6. The monoisotopic (exact) mass is 931 g/mol. The van der Waals surface area contributed by atoms with Gasteiger partial charge in [-0.2, -0.15) is 0 Å². The molecule has 6 bridgehead atoms. The first-order chi connectivity index (χ1) is 32.3. The number of nitrogens with zero attached hydrogens (tertiary/aromatic N) is 5. The highest BCUT2D eigenvalue weighted by molar-refractivity contribution is 5.98. The quantitative estimate of drug-likeness (QED) is 0.131. The highest BCUT2D eigenvalue weighted by atomic mass is 16.5. The van der Waals surface area contributed by atoms with Gasteiger partial charge < -0.3 is 39.4 Å². The van der Waals surface area contributed by atoms with Gasteiger partial charge >= 0.3 is 5.97 Å². The molecule has 5 atom stereocenters. The summed E-state index contributed by atoms with van der Waals surface area (Å²) in [5, 5.41) is 28.1. The fourth-order valence-electron chi connectivity index (χ4n) is 10.0. The molecular formula is C52H65N7O9. The Morgan fingerprint density at radius 1 is 1.09 bits per heavy atom. The normalized spacial score (nSPS) is 21.6. The number of likely N-dealkylation sites (N-methyl/N-ethyl adjacent to an activating group) is 1. The summed E-state index contributed by atoms with van der Waals surface area (Å²) in [7, 11) is 3.09. The Kier molecular flexibility index (Phi) is 14.7. The number of hydrogen-bond donors (Lipinski definition) is 4.